The van der Waals surface area contributed by atoms with Crippen LogP contribution in [0.15, 0.2) is 66.7 Å². The van der Waals surface area contributed by atoms with E-state index in [2.05, 4.69) is 6.92 Å². The van der Waals surface area contributed by atoms with Crippen LogP contribution >= 0.6 is 0 Å². The van der Waals surface area contributed by atoms with Crippen LogP contribution in [0.5, 0.6) is 0 Å². The van der Waals surface area contributed by atoms with Gasteiger partial charge in [-0.25, -0.2) is 17.6 Å². The van der Waals surface area contributed by atoms with Crippen molar-refractivity contribution in [2.75, 3.05) is 0 Å². The number of fused-ring (bicyclic) bond motifs is 1. The molecular weight excluding hydrogens is 486 g/mol. The minimum absolute atomic E-state index is 0.0451. The number of halogens is 6. The molecule has 4 aromatic carbocycles. The van der Waals surface area contributed by atoms with Crippen LogP contribution in [0.25, 0.3) is 39.1 Å². The predicted molar refractivity (Wildman–Crippen MR) is 137 cm³/mol. The third-order valence-electron chi connectivity index (χ3n) is 6.49. The number of hydrogen-bond donors (Lipinski definition) is 0. The van der Waals surface area contributed by atoms with E-state index in [1.54, 1.807) is 6.07 Å². The highest BCUT2D eigenvalue weighted by Crippen LogP contribution is 2.35. The fourth-order valence-electron chi connectivity index (χ4n) is 4.58. The van der Waals surface area contributed by atoms with Crippen molar-refractivity contribution >= 4 is 16.8 Å². The third-order valence-corrected chi connectivity index (χ3v) is 6.49. The Labute approximate surface area is 212 Å². The second kappa shape index (κ2) is 11.7. The Balaban J connectivity index is 1.61. The molecule has 4 aromatic rings. The molecule has 0 spiro atoms. The predicted octanol–water partition coefficient (Wildman–Crippen LogP) is 10.5. The summed E-state index contributed by atoms with van der Waals surface area (Å²) in [6.45, 7) is 2.14. The van der Waals surface area contributed by atoms with Gasteiger partial charge in [0, 0.05) is 22.6 Å². The fourth-order valence-corrected chi connectivity index (χ4v) is 4.58. The maximum absolute atomic E-state index is 15.1. The minimum atomic E-state index is -2.03. The number of rotatable bonds is 9. The van der Waals surface area contributed by atoms with Crippen molar-refractivity contribution in [1.29, 1.82) is 0 Å². The lowest BCUT2D eigenvalue weighted by Gasteiger charge is -2.12. The average Bonchev–Trinajstić information content (AvgIpc) is 2.85. The minimum Gasteiger partial charge on any atom is -0.206 e. The van der Waals surface area contributed by atoms with E-state index < -0.39 is 29.3 Å². The molecule has 0 aromatic heterocycles. The van der Waals surface area contributed by atoms with Crippen molar-refractivity contribution in [1.82, 2.24) is 0 Å². The molecule has 0 fully saturated rings. The van der Waals surface area contributed by atoms with Crippen molar-refractivity contribution < 1.29 is 26.3 Å². The van der Waals surface area contributed by atoms with Gasteiger partial charge in [-0.1, -0.05) is 69.0 Å². The maximum atomic E-state index is 15.1. The first kappa shape index (κ1) is 26.5. The largest absolute Gasteiger partial charge is 0.271 e. The summed E-state index contributed by atoms with van der Waals surface area (Å²) in [4.78, 5) is 0. The lowest BCUT2D eigenvalue weighted by atomic mass is 9.95. The van der Waals surface area contributed by atoms with Gasteiger partial charge in [-0.2, -0.15) is 8.78 Å². The molecule has 0 saturated carbocycles. The topological polar surface area (TPSA) is 0 Å². The Kier molecular flexibility index (Phi) is 8.37. The fraction of sp³-hybridized carbons (Fsp3) is 0.226. The summed E-state index contributed by atoms with van der Waals surface area (Å²) in [5, 5.41) is 0.342. The second-order valence-electron chi connectivity index (χ2n) is 9.13. The van der Waals surface area contributed by atoms with E-state index in [0.29, 0.717) is 11.5 Å². The molecule has 0 atom stereocenters. The third kappa shape index (κ3) is 6.07. The Bertz CT molecular complexity index is 1430. The van der Waals surface area contributed by atoms with Gasteiger partial charge in [-0.05, 0) is 59.2 Å². The van der Waals surface area contributed by atoms with Crippen LogP contribution in [0, 0.1) is 23.3 Å². The lowest BCUT2D eigenvalue weighted by molar-refractivity contribution is 0.429. The highest BCUT2D eigenvalue weighted by molar-refractivity contribution is 5.90. The highest BCUT2D eigenvalue weighted by atomic mass is 19.3. The molecule has 0 unspecified atom stereocenters. The zero-order valence-corrected chi connectivity index (χ0v) is 20.4. The number of hydrogen-bond acceptors (Lipinski definition) is 0. The molecule has 6 heteroatoms. The molecule has 0 amide bonds. The van der Waals surface area contributed by atoms with E-state index in [1.807, 2.05) is 0 Å². The number of benzene rings is 4. The van der Waals surface area contributed by atoms with Gasteiger partial charge in [0.15, 0.2) is 0 Å². The van der Waals surface area contributed by atoms with E-state index in [0.717, 1.165) is 49.8 Å². The molecule has 0 radical (unpaired) electrons. The molecule has 0 N–H and O–H groups in total. The first-order valence-corrected chi connectivity index (χ1v) is 12.3. The van der Waals surface area contributed by atoms with Crippen molar-refractivity contribution in [3.05, 3.63) is 101 Å². The molecule has 0 heterocycles. The molecular formula is C31H26F6. The Morgan fingerprint density at radius 3 is 2.11 bits per heavy atom. The van der Waals surface area contributed by atoms with Crippen LogP contribution < -0.4 is 0 Å². The number of unbranched alkanes of at least 4 members (excludes halogenated alkanes) is 4. The van der Waals surface area contributed by atoms with Gasteiger partial charge in [0.05, 0.1) is 5.56 Å². The van der Waals surface area contributed by atoms with E-state index in [1.165, 1.54) is 48.9 Å². The smallest absolute Gasteiger partial charge is 0.206 e. The molecule has 4 rings (SSSR count). The van der Waals surface area contributed by atoms with Gasteiger partial charge < -0.3 is 0 Å². The van der Waals surface area contributed by atoms with E-state index in [4.69, 9.17) is 0 Å². The molecule has 0 aliphatic carbocycles. The quantitative estimate of drug-likeness (QED) is 0.155. The van der Waals surface area contributed by atoms with Crippen LogP contribution in [0.2, 0.25) is 0 Å². The van der Waals surface area contributed by atoms with Gasteiger partial charge in [0.2, 0.25) is 0 Å². The van der Waals surface area contributed by atoms with Gasteiger partial charge in [-0.3, -0.25) is 0 Å². The Morgan fingerprint density at radius 2 is 1.43 bits per heavy atom. The van der Waals surface area contributed by atoms with Crippen LogP contribution in [0.3, 0.4) is 0 Å². The number of aryl methyl sites for hydroxylation is 1. The van der Waals surface area contributed by atoms with Crippen molar-refractivity contribution in [3.63, 3.8) is 0 Å². The summed E-state index contributed by atoms with van der Waals surface area (Å²) in [7, 11) is 0. The zero-order valence-electron chi connectivity index (χ0n) is 20.4. The van der Waals surface area contributed by atoms with Crippen molar-refractivity contribution in [2.24, 2.45) is 0 Å². The molecule has 0 saturated heterocycles. The van der Waals surface area contributed by atoms with Gasteiger partial charge >= 0.3 is 0 Å². The normalized spacial score (nSPS) is 11.2. The summed E-state index contributed by atoms with van der Waals surface area (Å²) in [5.74, 6) is -3.19. The summed E-state index contributed by atoms with van der Waals surface area (Å²) in [6.07, 6.45) is 4.63. The zero-order chi connectivity index (χ0) is 26.5. The Morgan fingerprint density at radius 1 is 0.703 bits per heavy atom. The monoisotopic (exact) mass is 512 g/mol. The lowest BCUT2D eigenvalue weighted by Crippen LogP contribution is -1.95. The standard InChI is InChI=1S/C31H26F6/c1-2-3-4-5-6-7-19-8-12-24(26(32)14-19)23-16-27(33)30(28(34)17-23)21-11-13-25-20(15-21)9-10-22(31(25)37)18-29(35)36/h8-18H,2-7H2,1H3. The molecule has 0 nitrogen and oxygen atoms in total. The SMILES string of the molecule is CCCCCCCc1ccc(-c2cc(F)c(-c3ccc4c(F)c(C=C(F)F)ccc4c3)c(F)c2)c(F)c1. The van der Waals surface area contributed by atoms with Crippen molar-refractivity contribution in [3.8, 4) is 22.3 Å². The summed E-state index contributed by atoms with van der Waals surface area (Å²) < 4.78 is 84.8. The van der Waals surface area contributed by atoms with Crippen LogP contribution in [-0.4, -0.2) is 0 Å². The first-order chi connectivity index (χ1) is 17.8. The molecule has 192 valence electrons. The molecule has 0 bridgehead atoms. The van der Waals surface area contributed by atoms with E-state index >= 15 is 8.78 Å². The first-order valence-electron chi connectivity index (χ1n) is 12.3. The molecule has 37 heavy (non-hydrogen) atoms. The van der Waals surface area contributed by atoms with E-state index in [-0.39, 0.29) is 33.2 Å². The van der Waals surface area contributed by atoms with Gasteiger partial charge in [0.1, 0.15) is 23.3 Å². The second-order valence-corrected chi connectivity index (χ2v) is 9.13. The maximum Gasteiger partial charge on any atom is 0.271 e. The van der Waals surface area contributed by atoms with Gasteiger partial charge in [0.25, 0.3) is 6.08 Å². The molecule has 0 aliphatic heterocycles. The van der Waals surface area contributed by atoms with Crippen LogP contribution in [-0.2, 0) is 6.42 Å². The van der Waals surface area contributed by atoms with Gasteiger partial charge in [-0.15, -0.1) is 0 Å². The molecule has 0 aliphatic rings. The van der Waals surface area contributed by atoms with Crippen LogP contribution in [0.1, 0.15) is 50.2 Å². The summed E-state index contributed by atoms with van der Waals surface area (Å²) in [6, 6.07) is 13.4. The van der Waals surface area contributed by atoms with Crippen molar-refractivity contribution in [2.45, 2.75) is 45.4 Å². The highest BCUT2D eigenvalue weighted by Gasteiger charge is 2.17. The Hall–Kier alpha value is -3.54. The summed E-state index contributed by atoms with van der Waals surface area (Å²) >= 11 is 0. The van der Waals surface area contributed by atoms with Crippen LogP contribution in [0.4, 0.5) is 26.3 Å². The average molecular weight is 513 g/mol. The van der Waals surface area contributed by atoms with E-state index in [9.17, 15) is 17.6 Å². The summed E-state index contributed by atoms with van der Waals surface area (Å²) in [5.41, 5.74) is 0.530.